The molecule has 1 heterocycles. The minimum atomic E-state index is -0.954. The normalized spacial score (nSPS) is 26.4. The Labute approximate surface area is 95.6 Å². The van der Waals surface area contributed by atoms with Gasteiger partial charge in [-0.25, -0.2) is 4.79 Å². The molecular formula is C11H20N2O3. The van der Waals surface area contributed by atoms with Crippen molar-refractivity contribution in [3.8, 4) is 0 Å². The number of rotatable bonds is 5. The smallest absolute Gasteiger partial charge is 0.326 e. The zero-order valence-electron chi connectivity index (χ0n) is 9.88. The maximum atomic E-state index is 11.9. The average molecular weight is 228 g/mol. The van der Waals surface area contributed by atoms with Gasteiger partial charge in [0.2, 0.25) is 5.91 Å². The lowest BCUT2D eigenvalue weighted by Gasteiger charge is -2.24. The standard InChI is InChI=1S/C11H20N2O3/c1-3-4-8(9(14)15)13-10(16)11(2)5-6-12-7-11/h8,12H,3-7H2,1-2H3,(H,13,16)(H,14,15)/t8-,11?/m0/s1. The number of aliphatic carboxylic acids is 1. The summed E-state index contributed by atoms with van der Waals surface area (Å²) < 4.78 is 0. The van der Waals surface area contributed by atoms with Crippen molar-refractivity contribution < 1.29 is 14.7 Å². The molecule has 0 aromatic carbocycles. The summed E-state index contributed by atoms with van der Waals surface area (Å²) in [6.45, 7) is 5.21. The fraction of sp³-hybridized carbons (Fsp3) is 0.818. The van der Waals surface area contributed by atoms with Crippen molar-refractivity contribution in [1.29, 1.82) is 0 Å². The second kappa shape index (κ2) is 5.30. The van der Waals surface area contributed by atoms with Crippen molar-refractivity contribution in [2.24, 2.45) is 5.41 Å². The molecule has 1 aliphatic rings. The number of amides is 1. The number of nitrogens with one attached hydrogen (secondary N) is 2. The number of carbonyl (C=O) groups excluding carboxylic acids is 1. The highest BCUT2D eigenvalue weighted by Crippen LogP contribution is 2.24. The molecule has 2 atom stereocenters. The van der Waals surface area contributed by atoms with Gasteiger partial charge >= 0.3 is 5.97 Å². The Morgan fingerprint density at radius 2 is 2.25 bits per heavy atom. The van der Waals surface area contributed by atoms with Gasteiger partial charge < -0.3 is 15.7 Å². The monoisotopic (exact) mass is 228 g/mol. The molecule has 3 N–H and O–H groups in total. The van der Waals surface area contributed by atoms with Crippen LogP contribution in [0.2, 0.25) is 0 Å². The minimum Gasteiger partial charge on any atom is -0.480 e. The van der Waals surface area contributed by atoms with E-state index >= 15 is 0 Å². The van der Waals surface area contributed by atoms with Crippen LogP contribution in [0, 0.1) is 5.41 Å². The summed E-state index contributed by atoms with van der Waals surface area (Å²) in [5.41, 5.74) is -0.457. The number of carboxylic acids is 1. The molecule has 0 spiro atoms. The predicted octanol–water partition coefficient (Wildman–Crippen LogP) is 0.356. The SMILES string of the molecule is CCC[C@H](NC(=O)C1(C)CCNC1)C(=O)O. The van der Waals surface area contributed by atoms with Gasteiger partial charge in [0, 0.05) is 6.54 Å². The van der Waals surface area contributed by atoms with Gasteiger partial charge in [-0.15, -0.1) is 0 Å². The zero-order chi connectivity index (χ0) is 12.2. The van der Waals surface area contributed by atoms with E-state index in [1.165, 1.54) is 0 Å². The van der Waals surface area contributed by atoms with Gasteiger partial charge in [-0.05, 0) is 26.3 Å². The summed E-state index contributed by atoms with van der Waals surface area (Å²) in [5.74, 6) is -1.11. The molecule has 5 heteroatoms. The first-order valence-corrected chi connectivity index (χ1v) is 5.74. The molecule has 0 aromatic rings. The molecule has 1 aliphatic heterocycles. The molecule has 1 unspecified atom stereocenters. The van der Waals surface area contributed by atoms with Crippen LogP contribution in [-0.2, 0) is 9.59 Å². The number of hydrogen-bond donors (Lipinski definition) is 3. The highest BCUT2D eigenvalue weighted by atomic mass is 16.4. The van der Waals surface area contributed by atoms with Crippen LogP contribution in [0.1, 0.15) is 33.1 Å². The van der Waals surface area contributed by atoms with Crippen molar-refractivity contribution in [2.75, 3.05) is 13.1 Å². The number of carboxylic acid groups (broad SMARTS) is 1. The largest absolute Gasteiger partial charge is 0.480 e. The lowest BCUT2D eigenvalue weighted by molar-refractivity contribution is -0.143. The second-order valence-electron chi connectivity index (χ2n) is 4.64. The molecule has 0 saturated carbocycles. The topological polar surface area (TPSA) is 78.4 Å². The van der Waals surface area contributed by atoms with E-state index < -0.39 is 17.4 Å². The predicted molar refractivity (Wildman–Crippen MR) is 60.1 cm³/mol. The molecule has 1 rings (SSSR count). The molecule has 5 nitrogen and oxygen atoms in total. The van der Waals surface area contributed by atoms with Crippen LogP contribution in [-0.4, -0.2) is 36.1 Å². The second-order valence-corrected chi connectivity index (χ2v) is 4.64. The van der Waals surface area contributed by atoms with Gasteiger partial charge in [-0.3, -0.25) is 4.79 Å². The fourth-order valence-electron chi connectivity index (χ4n) is 1.89. The third-order valence-electron chi connectivity index (χ3n) is 3.10. The average Bonchev–Trinajstić information content (AvgIpc) is 2.65. The third kappa shape index (κ3) is 2.95. The molecule has 1 amide bonds. The Morgan fingerprint density at radius 1 is 1.56 bits per heavy atom. The van der Waals surface area contributed by atoms with E-state index in [0.717, 1.165) is 19.4 Å². The van der Waals surface area contributed by atoms with E-state index in [1.807, 2.05) is 13.8 Å². The van der Waals surface area contributed by atoms with E-state index in [2.05, 4.69) is 10.6 Å². The Hall–Kier alpha value is -1.10. The molecule has 92 valence electrons. The van der Waals surface area contributed by atoms with E-state index in [-0.39, 0.29) is 5.91 Å². The molecule has 0 aliphatic carbocycles. The summed E-state index contributed by atoms with van der Waals surface area (Å²) in [5, 5.41) is 14.7. The van der Waals surface area contributed by atoms with Crippen molar-refractivity contribution in [3.05, 3.63) is 0 Å². The third-order valence-corrected chi connectivity index (χ3v) is 3.10. The first-order chi connectivity index (χ1) is 7.49. The van der Waals surface area contributed by atoms with Gasteiger partial charge in [-0.1, -0.05) is 13.3 Å². The van der Waals surface area contributed by atoms with Crippen molar-refractivity contribution in [1.82, 2.24) is 10.6 Å². The van der Waals surface area contributed by atoms with Gasteiger partial charge in [-0.2, -0.15) is 0 Å². The minimum absolute atomic E-state index is 0.154. The van der Waals surface area contributed by atoms with Gasteiger partial charge in [0.05, 0.1) is 5.41 Å². The van der Waals surface area contributed by atoms with E-state index in [9.17, 15) is 9.59 Å². The van der Waals surface area contributed by atoms with E-state index in [4.69, 9.17) is 5.11 Å². The first kappa shape index (κ1) is 13.0. The Kier molecular flexibility index (Phi) is 4.29. The maximum absolute atomic E-state index is 11.9. The lowest BCUT2D eigenvalue weighted by atomic mass is 9.88. The van der Waals surface area contributed by atoms with Crippen molar-refractivity contribution >= 4 is 11.9 Å². The Morgan fingerprint density at radius 3 is 2.69 bits per heavy atom. The zero-order valence-corrected chi connectivity index (χ0v) is 9.88. The lowest BCUT2D eigenvalue weighted by Crippen LogP contribution is -2.48. The molecule has 16 heavy (non-hydrogen) atoms. The molecule has 0 bridgehead atoms. The Bertz CT molecular complexity index is 272. The van der Waals surface area contributed by atoms with Gasteiger partial charge in [0.15, 0.2) is 0 Å². The first-order valence-electron chi connectivity index (χ1n) is 5.74. The maximum Gasteiger partial charge on any atom is 0.326 e. The van der Waals surface area contributed by atoms with Gasteiger partial charge in [0.1, 0.15) is 6.04 Å². The molecule has 1 saturated heterocycles. The Balaban J connectivity index is 2.57. The van der Waals surface area contributed by atoms with Crippen LogP contribution in [0.3, 0.4) is 0 Å². The fourth-order valence-corrected chi connectivity index (χ4v) is 1.89. The van der Waals surface area contributed by atoms with Crippen LogP contribution < -0.4 is 10.6 Å². The van der Waals surface area contributed by atoms with Crippen LogP contribution >= 0.6 is 0 Å². The quantitative estimate of drug-likeness (QED) is 0.634. The molecular weight excluding hydrogens is 208 g/mol. The molecule has 1 fully saturated rings. The number of carbonyl (C=O) groups is 2. The van der Waals surface area contributed by atoms with Crippen LogP contribution in [0.4, 0.5) is 0 Å². The molecule has 0 aromatic heterocycles. The van der Waals surface area contributed by atoms with Crippen molar-refractivity contribution in [2.45, 2.75) is 39.2 Å². The van der Waals surface area contributed by atoms with E-state index in [1.54, 1.807) is 0 Å². The summed E-state index contributed by atoms with van der Waals surface area (Å²) in [6.07, 6.45) is 1.98. The highest BCUT2D eigenvalue weighted by Gasteiger charge is 2.37. The number of hydrogen-bond acceptors (Lipinski definition) is 3. The summed E-state index contributed by atoms with van der Waals surface area (Å²) >= 11 is 0. The van der Waals surface area contributed by atoms with Crippen LogP contribution in [0.5, 0.6) is 0 Å². The summed E-state index contributed by atoms with van der Waals surface area (Å²) in [7, 11) is 0. The van der Waals surface area contributed by atoms with Crippen LogP contribution in [0.15, 0.2) is 0 Å². The van der Waals surface area contributed by atoms with Gasteiger partial charge in [0.25, 0.3) is 0 Å². The van der Waals surface area contributed by atoms with Crippen molar-refractivity contribution in [3.63, 3.8) is 0 Å². The summed E-state index contributed by atoms with van der Waals surface area (Å²) in [4.78, 5) is 22.9. The highest BCUT2D eigenvalue weighted by molar-refractivity contribution is 5.87. The van der Waals surface area contributed by atoms with E-state index in [0.29, 0.717) is 13.0 Å². The van der Waals surface area contributed by atoms with Crippen LogP contribution in [0.25, 0.3) is 0 Å². The molecule has 0 radical (unpaired) electrons. The summed E-state index contributed by atoms with van der Waals surface area (Å²) in [6, 6.07) is -0.755.